The molecule has 2 heterocycles. The third kappa shape index (κ3) is 2.45. The molecule has 0 fully saturated rings. The van der Waals surface area contributed by atoms with Gasteiger partial charge in [0.2, 0.25) is 0 Å². The maximum Gasteiger partial charge on any atom is 0.417 e. The summed E-state index contributed by atoms with van der Waals surface area (Å²) in [6.45, 7) is 1.86. The molecule has 0 amide bonds. The van der Waals surface area contributed by atoms with Gasteiger partial charge in [-0.2, -0.15) is 13.2 Å². The molecule has 1 N–H and O–H groups in total. The second-order valence-electron chi connectivity index (χ2n) is 3.75. The number of H-pyrrole nitrogens is 1. The van der Waals surface area contributed by atoms with Crippen LogP contribution in [0.2, 0.25) is 0 Å². The van der Waals surface area contributed by atoms with Gasteiger partial charge < -0.3 is 4.98 Å². The summed E-state index contributed by atoms with van der Waals surface area (Å²) in [6.07, 6.45) is 5.24. The lowest BCUT2D eigenvalue weighted by atomic mass is 10.1. The summed E-state index contributed by atoms with van der Waals surface area (Å²) in [5.74, 6) is 0. The van der Waals surface area contributed by atoms with E-state index in [2.05, 4.69) is 9.97 Å². The van der Waals surface area contributed by atoms with Gasteiger partial charge in [0, 0.05) is 23.3 Å². The Balaban J connectivity index is 2.50. The van der Waals surface area contributed by atoms with Gasteiger partial charge in [-0.15, -0.1) is 0 Å². The van der Waals surface area contributed by atoms with E-state index in [1.54, 1.807) is 24.4 Å². The summed E-state index contributed by atoms with van der Waals surface area (Å²) >= 11 is 0. The summed E-state index contributed by atoms with van der Waals surface area (Å²) in [5, 5.41) is 0.463. The molecule has 2 rings (SSSR count). The monoisotopic (exact) mass is 252 g/mol. The Morgan fingerprint density at radius 3 is 2.72 bits per heavy atom. The highest BCUT2D eigenvalue weighted by Gasteiger charge is 2.31. The Labute approximate surface area is 102 Å². The van der Waals surface area contributed by atoms with E-state index in [1.165, 1.54) is 0 Å². The number of aromatic nitrogens is 2. The van der Waals surface area contributed by atoms with Crippen LogP contribution in [0.4, 0.5) is 13.2 Å². The molecule has 2 aromatic heterocycles. The molecular formula is C13H11F3N2. The van der Waals surface area contributed by atoms with Crippen molar-refractivity contribution < 1.29 is 13.2 Å². The lowest BCUT2D eigenvalue weighted by Crippen LogP contribution is -2.05. The molecule has 0 aliphatic carbocycles. The minimum absolute atomic E-state index is 0.447. The minimum Gasteiger partial charge on any atom is -0.346 e. The average Bonchev–Trinajstić information content (AvgIpc) is 2.71. The van der Waals surface area contributed by atoms with Crippen molar-refractivity contribution in [2.75, 3.05) is 0 Å². The highest BCUT2D eigenvalue weighted by atomic mass is 19.4. The fourth-order valence-electron chi connectivity index (χ4n) is 1.59. The molecule has 0 aliphatic heterocycles. The predicted molar refractivity (Wildman–Crippen MR) is 64.9 cm³/mol. The van der Waals surface area contributed by atoms with E-state index in [-0.39, 0.29) is 0 Å². The van der Waals surface area contributed by atoms with Crippen molar-refractivity contribution >= 4 is 17.1 Å². The standard InChI is InChI=1S/C13H11F3N2/c1-2-3-4-5-9-7-17-12-11(9)6-10(8-18-12)13(14,15)16/h2-8H,1H3,(H,17,18)/b3-2+,5-4+. The van der Waals surface area contributed by atoms with Crippen molar-refractivity contribution in [3.8, 4) is 0 Å². The van der Waals surface area contributed by atoms with Crippen LogP contribution < -0.4 is 0 Å². The zero-order valence-corrected chi connectivity index (χ0v) is 9.62. The summed E-state index contributed by atoms with van der Waals surface area (Å²) in [7, 11) is 0. The van der Waals surface area contributed by atoms with Crippen LogP contribution >= 0.6 is 0 Å². The van der Waals surface area contributed by atoms with Gasteiger partial charge in [0.15, 0.2) is 0 Å². The van der Waals surface area contributed by atoms with Crippen LogP contribution in [0.1, 0.15) is 18.1 Å². The molecule has 5 heteroatoms. The fourth-order valence-corrected chi connectivity index (χ4v) is 1.59. The Bertz CT molecular complexity index is 606. The van der Waals surface area contributed by atoms with Gasteiger partial charge in [0.1, 0.15) is 5.65 Å². The number of aromatic amines is 1. The van der Waals surface area contributed by atoms with Gasteiger partial charge in [0.25, 0.3) is 0 Å². The van der Waals surface area contributed by atoms with Crippen molar-refractivity contribution in [2.24, 2.45) is 0 Å². The van der Waals surface area contributed by atoms with E-state index in [4.69, 9.17) is 0 Å². The third-order valence-corrected chi connectivity index (χ3v) is 2.47. The summed E-state index contributed by atoms with van der Waals surface area (Å²) in [4.78, 5) is 6.61. The smallest absolute Gasteiger partial charge is 0.346 e. The Morgan fingerprint density at radius 1 is 1.28 bits per heavy atom. The number of pyridine rings is 1. The SMILES string of the molecule is C/C=C/C=C/c1c[nH]c2ncc(C(F)(F)F)cc12. The fraction of sp³-hybridized carbons (Fsp3) is 0.154. The Morgan fingerprint density at radius 2 is 2.06 bits per heavy atom. The Hall–Kier alpha value is -2.04. The van der Waals surface area contributed by atoms with Gasteiger partial charge >= 0.3 is 6.18 Å². The minimum atomic E-state index is -4.37. The molecule has 0 unspecified atom stereocenters. The molecule has 0 bridgehead atoms. The number of allylic oxidation sites excluding steroid dienone is 3. The first-order chi connectivity index (χ1) is 8.52. The van der Waals surface area contributed by atoms with Crippen molar-refractivity contribution in [1.82, 2.24) is 9.97 Å². The summed E-state index contributed by atoms with van der Waals surface area (Å²) in [5.41, 5.74) is 0.389. The van der Waals surface area contributed by atoms with Crippen LogP contribution in [0, 0.1) is 0 Å². The van der Waals surface area contributed by atoms with Gasteiger partial charge in [-0.05, 0) is 13.0 Å². The summed E-state index contributed by atoms with van der Waals surface area (Å²) < 4.78 is 37.7. The lowest BCUT2D eigenvalue weighted by molar-refractivity contribution is -0.137. The van der Waals surface area contributed by atoms with Gasteiger partial charge in [-0.1, -0.05) is 24.3 Å². The largest absolute Gasteiger partial charge is 0.417 e. The maximum atomic E-state index is 12.6. The van der Waals surface area contributed by atoms with Crippen LogP contribution in [0.25, 0.3) is 17.1 Å². The number of rotatable bonds is 2. The predicted octanol–water partition coefficient (Wildman–Crippen LogP) is 4.17. The van der Waals surface area contributed by atoms with Crippen molar-refractivity contribution in [2.45, 2.75) is 13.1 Å². The van der Waals surface area contributed by atoms with E-state index in [1.807, 2.05) is 13.0 Å². The zero-order chi connectivity index (χ0) is 13.2. The second-order valence-corrected chi connectivity index (χ2v) is 3.75. The molecule has 0 aliphatic rings. The van der Waals surface area contributed by atoms with Crippen molar-refractivity contribution in [3.63, 3.8) is 0 Å². The Kier molecular flexibility index (Phi) is 3.23. The molecule has 0 saturated carbocycles. The topological polar surface area (TPSA) is 28.7 Å². The first kappa shape index (κ1) is 12.4. The van der Waals surface area contributed by atoms with E-state index in [0.717, 1.165) is 12.3 Å². The van der Waals surface area contributed by atoms with Gasteiger partial charge in [0.05, 0.1) is 5.56 Å². The van der Waals surface area contributed by atoms with E-state index in [9.17, 15) is 13.2 Å². The number of nitrogens with zero attached hydrogens (tertiary/aromatic N) is 1. The molecular weight excluding hydrogens is 241 g/mol. The second kappa shape index (κ2) is 4.68. The van der Waals surface area contributed by atoms with Crippen LogP contribution in [0.3, 0.4) is 0 Å². The quantitative estimate of drug-likeness (QED) is 0.798. The first-order valence-electron chi connectivity index (χ1n) is 5.36. The lowest BCUT2D eigenvalue weighted by Gasteiger charge is -2.05. The number of fused-ring (bicyclic) bond motifs is 1. The summed E-state index contributed by atoms with van der Waals surface area (Å²) in [6, 6.07) is 1.11. The highest BCUT2D eigenvalue weighted by Crippen LogP contribution is 2.31. The number of hydrogen-bond donors (Lipinski definition) is 1. The zero-order valence-electron chi connectivity index (χ0n) is 9.62. The molecule has 2 aromatic rings. The third-order valence-electron chi connectivity index (χ3n) is 2.47. The first-order valence-corrected chi connectivity index (χ1v) is 5.36. The van der Waals surface area contributed by atoms with Gasteiger partial charge in [-0.25, -0.2) is 4.98 Å². The van der Waals surface area contributed by atoms with Crippen molar-refractivity contribution in [3.05, 3.63) is 47.8 Å². The van der Waals surface area contributed by atoms with Gasteiger partial charge in [-0.3, -0.25) is 0 Å². The van der Waals surface area contributed by atoms with Crippen LogP contribution in [0.15, 0.2) is 36.7 Å². The highest BCUT2D eigenvalue weighted by molar-refractivity contribution is 5.86. The van der Waals surface area contributed by atoms with E-state index < -0.39 is 11.7 Å². The molecule has 0 atom stereocenters. The molecule has 0 spiro atoms. The van der Waals surface area contributed by atoms with Crippen LogP contribution in [0.5, 0.6) is 0 Å². The number of halogens is 3. The maximum absolute atomic E-state index is 12.6. The van der Waals surface area contributed by atoms with E-state index >= 15 is 0 Å². The van der Waals surface area contributed by atoms with Crippen LogP contribution in [-0.2, 0) is 6.18 Å². The number of nitrogens with one attached hydrogen (secondary N) is 1. The van der Waals surface area contributed by atoms with E-state index in [0.29, 0.717) is 16.6 Å². The molecule has 0 saturated heterocycles. The van der Waals surface area contributed by atoms with Crippen LogP contribution in [-0.4, -0.2) is 9.97 Å². The molecule has 18 heavy (non-hydrogen) atoms. The average molecular weight is 252 g/mol. The molecule has 0 radical (unpaired) electrons. The molecule has 94 valence electrons. The normalized spacial score (nSPS) is 13.1. The molecule has 2 nitrogen and oxygen atoms in total. The number of alkyl halides is 3. The number of hydrogen-bond acceptors (Lipinski definition) is 1. The van der Waals surface area contributed by atoms with Crippen molar-refractivity contribution in [1.29, 1.82) is 0 Å². The molecule has 0 aromatic carbocycles.